The molecule has 2 aromatic rings. The molecule has 29 heavy (non-hydrogen) atoms. The molecule has 3 rings (SSSR count). The first-order chi connectivity index (χ1) is 14.1. The van der Waals surface area contributed by atoms with E-state index in [1.54, 1.807) is 20.3 Å². The maximum atomic E-state index is 12.5. The Labute approximate surface area is 174 Å². The summed E-state index contributed by atoms with van der Waals surface area (Å²) < 4.78 is 10.6. The van der Waals surface area contributed by atoms with E-state index in [1.807, 2.05) is 18.2 Å². The third-order valence-corrected chi connectivity index (χ3v) is 5.71. The van der Waals surface area contributed by atoms with Crippen LogP contribution in [-0.2, 0) is 24.3 Å². The van der Waals surface area contributed by atoms with Gasteiger partial charge in [0, 0.05) is 24.7 Å². The third-order valence-electron chi connectivity index (χ3n) is 5.71. The molecule has 0 spiro atoms. The molecule has 0 atom stereocenters. The summed E-state index contributed by atoms with van der Waals surface area (Å²) in [6, 6.07) is 13.9. The highest BCUT2D eigenvalue weighted by molar-refractivity contribution is 5.79. The minimum Gasteiger partial charge on any atom is -0.497 e. The van der Waals surface area contributed by atoms with Crippen LogP contribution in [0.15, 0.2) is 42.5 Å². The fourth-order valence-electron chi connectivity index (χ4n) is 3.77. The number of nitrogens with one attached hydrogen (secondary N) is 1. The molecule has 5 heteroatoms. The van der Waals surface area contributed by atoms with Crippen molar-refractivity contribution in [1.82, 2.24) is 10.2 Å². The Bertz CT molecular complexity index is 814. The molecule has 1 amide bonds. The molecule has 0 radical (unpaired) electrons. The summed E-state index contributed by atoms with van der Waals surface area (Å²) in [5, 5.41) is 3.07. The number of rotatable bonds is 8. The Morgan fingerprint density at radius 2 is 1.76 bits per heavy atom. The number of hydrogen-bond donors (Lipinski definition) is 1. The smallest absolute Gasteiger partial charge is 0.224 e. The van der Waals surface area contributed by atoms with E-state index in [0.717, 1.165) is 31.1 Å². The average Bonchev–Trinajstić information content (AvgIpc) is 2.75. The normalized spacial score (nSPS) is 15.1. The van der Waals surface area contributed by atoms with Gasteiger partial charge in [0.05, 0.1) is 20.6 Å². The standard InChI is InChI=1S/C24H32N2O3/c1-18-10-12-26(13-11-18)17-21-7-5-4-6-20(21)16-25-24(27)14-19-8-9-22(28-2)15-23(19)29-3/h4-9,15,18H,10-14,16-17H2,1-3H3,(H,25,27). The monoisotopic (exact) mass is 396 g/mol. The summed E-state index contributed by atoms with van der Waals surface area (Å²) in [4.78, 5) is 15.1. The maximum Gasteiger partial charge on any atom is 0.224 e. The third kappa shape index (κ3) is 5.97. The highest BCUT2D eigenvalue weighted by Crippen LogP contribution is 2.25. The van der Waals surface area contributed by atoms with E-state index >= 15 is 0 Å². The van der Waals surface area contributed by atoms with Crippen LogP contribution in [0, 0.1) is 5.92 Å². The van der Waals surface area contributed by atoms with Gasteiger partial charge in [-0.1, -0.05) is 37.3 Å². The van der Waals surface area contributed by atoms with Gasteiger partial charge in [-0.25, -0.2) is 0 Å². The predicted octanol–water partition coefficient (Wildman–Crippen LogP) is 3.79. The van der Waals surface area contributed by atoms with Gasteiger partial charge in [-0.15, -0.1) is 0 Å². The maximum absolute atomic E-state index is 12.5. The van der Waals surface area contributed by atoms with Crippen LogP contribution in [0.5, 0.6) is 11.5 Å². The van der Waals surface area contributed by atoms with E-state index in [0.29, 0.717) is 18.0 Å². The number of hydrogen-bond acceptors (Lipinski definition) is 4. The van der Waals surface area contributed by atoms with E-state index in [4.69, 9.17) is 9.47 Å². The van der Waals surface area contributed by atoms with E-state index in [-0.39, 0.29) is 12.3 Å². The van der Waals surface area contributed by atoms with Gasteiger partial charge in [0.15, 0.2) is 0 Å². The summed E-state index contributed by atoms with van der Waals surface area (Å²) in [5.41, 5.74) is 3.33. The van der Waals surface area contributed by atoms with Crippen LogP contribution in [0.3, 0.4) is 0 Å². The molecular weight excluding hydrogens is 364 g/mol. The van der Waals surface area contributed by atoms with Crippen LogP contribution in [0.1, 0.15) is 36.5 Å². The lowest BCUT2D eigenvalue weighted by Crippen LogP contribution is -2.33. The molecule has 1 aliphatic rings. The molecule has 1 N–H and O–H groups in total. The molecule has 1 aliphatic heterocycles. The summed E-state index contributed by atoms with van der Waals surface area (Å²) in [5.74, 6) is 2.19. The highest BCUT2D eigenvalue weighted by Gasteiger charge is 2.17. The van der Waals surface area contributed by atoms with Crippen LogP contribution in [-0.4, -0.2) is 38.1 Å². The summed E-state index contributed by atoms with van der Waals surface area (Å²) in [7, 11) is 3.22. The Morgan fingerprint density at radius 1 is 1.03 bits per heavy atom. The Hall–Kier alpha value is -2.53. The zero-order valence-electron chi connectivity index (χ0n) is 17.7. The molecule has 1 saturated heterocycles. The largest absolute Gasteiger partial charge is 0.497 e. The molecule has 2 aromatic carbocycles. The number of methoxy groups -OCH3 is 2. The lowest BCUT2D eigenvalue weighted by molar-refractivity contribution is -0.120. The molecule has 156 valence electrons. The van der Waals surface area contributed by atoms with Crippen molar-refractivity contribution in [2.75, 3.05) is 27.3 Å². The van der Waals surface area contributed by atoms with E-state index in [1.165, 1.54) is 24.0 Å². The van der Waals surface area contributed by atoms with Gasteiger partial charge < -0.3 is 14.8 Å². The van der Waals surface area contributed by atoms with Crippen molar-refractivity contribution in [3.63, 3.8) is 0 Å². The molecule has 0 unspecified atom stereocenters. The molecule has 1 heterocycles. The van der Waals surface area contributed by atoms with Crippen molar-refractivity contribution in [2.45, 2.75) is 39.3 Å². The van der Waals surface area contributed by atoms with Gasteiger partial charge in [0.25, 0.3) is 0 Å². The Kier molecular flexibility index (Phi) is 7.53. The van der Waals surface area contributed by atoms with E-state index in [9.17, 15) is 4.79 Å². The van der Waals surface area contributed by atoms with Crippen molar-refractivity contribution in [2.24, 2.45) is 5.92 Å². The van der Waals surface area contributed by atoms with Crippen LogP contribution in [0.4, 0.5) is 0 Å². The minimum atomic E-state index is -0.0185. The first-order valence-electron chi connectivity index (χ1n) is 10.4. The van der Waals surface area contributed by atoms with E-state index in [2.05, 4.69) is 35.3 Å². The second-order valence-corrected chi connectivity index (χ2v) is 7.86. The van der Waals surface area contributed by atoms with Gasteiger partial charge in [-0.2, -0.15) is 0 Å². The number of benzene rings is 2. The van der Waals surface area contributed by atoms with Gasteiger partial charge in [0.1, 0.15) is 11.5 Å². The van der Waals surface area contributed by atoms with Gasteiger partial charge >= 0.3 is 0 Å². The molecule has 0 aromatic heterocycles. The van der Waals surface area contributed by atoms with Crippen molar-refractivity contribution in [1.29, 1.82) is 0 Å². The van der Waals surface area contributed by atoms with Crippen molar-refractivity contribution >= 4 is 5.91 Å². The predicted molar refractivity (Wildman–Crippen MR) is 115 cm³/mol. The lowest BCUT2D eigenvalue weighted by atomic mass is 9.98. The fourth-order valence-corrected chi connectivity index (χ4v) is 3.77. The minimum absolute atomic E-state index is 0.0185. The molecule has 0 bridgehead atoms. The van der Waals surface area contributed by atoms with Crippen LogP contribution in [0.25, 0.3) is 0 Å². The summed E-state index contributed by atoms with van der Waals surface area (Å²) >= 11 is 0. The number of piperidine rings is 1. The topological polar surface area (TPSA) is 50.8 Å². The highest BCUT2D eigenvalue weighted by atomic mass is 16.5. The zero-order chi connectivity index (χ0) is 20.6. The Balaban J connectivity index is 1.58. The van der Waals surface area contributed by atoms with Gasteiger partial charge in [0.2, 0.25) is 5.91 Å². The number of carbonyl (C=O) groups excluding carboxylic acids is 1. The van der Waals surface area contributed by atoms with E-state index < -0.39 is 0 Å². The van der Waals surface area contributed by atoms with Crippen molar-refractivity contribution in [3.8, 4) is 11.5 Å². The Morgan fingerprint density at radius 3 is 2.45 bits per heavy atom. The van der Waals surface area contributed by atoms with Gasteiger partial charge in [-0.05, 0) is 49.0 Å². The number of likely N-dealkylation sites (tertiary alicyclic amines) is 1. The second kappa shape index (κ2) is 10.3. The zero-order valence-corrected chi connectivity index (χ0v) is 17.7. The SMILES string of the molecule is COc1ccc(CC(=O)NCc2ccccc2CN2CCC(C)CC2)c(OC)c1. The molecular formula is C24H32N2O3. The first kappa shape index (κ1) is 21.2. The first-order valence-corrected chi connectivity index (χ1v) is 10.4. The van der Waals surface area contributed by atoms with Crippen LogP contribution < -0.4 is 14.8 Å². The summed E-state index contributed by atoms with van der Waals surface area (Å²) in [6.07, 6.45) is 2.81. The van der Waals surface area contributed by atoms with Gasteiger partial charge in [-0.3, -0.25) is 9.69 Å². The second-order valence-electron chi connectivity index (χ2n) is 7.86. The fraction of sp³-hybridized carbons (Fsp3) is 0.458. The van der Waals surface area contributed by atoms with Crippen LogP contribution in [0.2, 0.25) is 0 Å². The molecule has 5 nitrogen and oxygen atoms in total. The number of nitrogens with zero attached hydrogens (tertiary/aromatic N) is 1. The van der Waals surface area contributed by atoms with Crippen molar-refractivity contribution in [3.05, 3.63) is 59.2 Å². The molecule has 1 fully saturated rings. The summed E-state index contributed by atoms with van der Waals surface area (Å²) in [6.45, 7) is 6.12. The van der Waals surface area contributed by atoms with Crippen molar-refractivity contribution < 1.29 is 14.3 Å². The lowest BCUT2D eigenvalue weighted by Gasteiger charge is -2.30. The van der Waals surface area contributed by atoms with Crippen LogP contribution >= 0.6 is 0 Å². The quantitative estimate of drug-likeness (QED) is 0.738. The molecule has 0 saturated carbocycles. The number of ether oxygens (including phenoxy) is 2. The molecule has 0 aliphatic carbocycles. The number of carbonyl (C=O) groups is 1. The number of amides is 1. The average molecular weight is 397 g/mol.